The molecule has 0 spiro atoms. The zero-order valence-electron chi connectivity index (χ0n) is 13.5. The van der Waals surface area contributed by atoms with Gasteiger partial charge >= 0.3 is 0 Å². The van der Waals surface area contributed by atoms with Crippen molar-refractivity contribution in [2.45, 2.75) is 32.2 Å². The molecule has 3 rings (SSSR count). The molecule has 2 heterocycles. The lowest BCUT2D eigenvalue weighted by Gasteiger charge is -2.11. The molecule has 6 nitrogen and oxygen atoms in total. The molecule has 0 bridgehead atoms. The average Bonchev–Trinajstić information content (AvgIpc) is 3.26. The maximum absolute atomic E-state index is 12.5. The highest BCUT2D eigenvalue weighted by molar-refractivity contribution is 6.05. The first-order chi connectivity index (χ1) is 10.6. The highest BCUT2D eigenvalue weighted by Crippen LogP contribution is 2.40. The SMILES string of the molecule is CCn1ncc2c(C(=O)NCCN(C)C)cc(C3CC3)nc21. The van der Waals surface area contributed by atoms with Gasteiger partial charge in [0.15, 0.2) is 5.65 Å². The van der Waals surface area contributed by atoms with Gasteiger partial charge in [0.25, 0.3) is 5.91 Å². The van der Waals surface area contributed by atoms with Gasteiger partial charge in [0.2, 0.25) is 0 Å². The Bertz CT molecular complexity index is 687. The molecule has 0 saturated heterocycles. The number of nitrogens with one attached hydrogen (secondary N) is 1. The molecule has 1 N–H and O–H groups in total. The first-order valence-electron chi connectivity index (χ1n) is 7.89. The predicted octanol–water partition coefficient (Wildman–Crippen LogP) is 1.62. The summed E-state index contributed by atoms with van der Waals surface area (Å²) in [6.07, 6.45) is 4.09. The summed E-state index contributed by atoms with van der Waals surface area (Å²) in [5.74, 6) is 0.477. The van der Waals surface area contributed by atoms with Crippen molar-refractivity contribution in [1.29, 1.82) is 0 Å². The molecule has 1 aliphatic rings. The number of carbonyl (C=O) groups excluding carboxylic acids is 1. The van der Waals surface area contributed by atoms with Crippen LogP contribution in [0.4, 0.5) is 0 Å². The summed E-state index contributed by atoms with van der Waals surface area (Å²) in [4.78, 5) is 19.3. The highest BCUT2D eigenvalue weighted by atomic mass is 16.1. The van der Waals surface area contributed by atoms with Crippen LogP contribution in [-0.2, 0) is 6.54 Å². The zero-order chi connectivity index (χ0) is 15.7. The number of amides is 1. The molecule has 1 saturated carbocycles. The summed E-state index contributed by atoms with van der Waals surface area (Å²) >= 11 is 0. The lowest BCUT2D eigenvalue weighted by molar-refractivity contribution is 0.0952. The van der Waals surface area contributed by atoms with Gasteiger partial charge in [-0.1, -0.05) is 0 Å². The Morgan fingerprint density at radius 2 is 2.23 bits per heavy atom. The number of fused-ring (bicyclic) bond motifs is 1. The lowest BCUT2D eigenvalue weighted by Crippen LogP contribution is -2.31. The van der Waals surface area contributed by atoms with Crippen LogP contribution in [0.1, 0.15) is 41.7 Å². The highest BCUT2D eigenvalue weighted by Gasteiger charge is 2.27. The van der Waals surface area contributed by atoms with Crippen LogP contribution in [-0.4, -0.2) is 52.8 Å². The van der Waals surface area contributed by atoms with E-state index in [2.05, 4.69) is 10.4 Å². The van der Waals surface area contributed by atoms with Gasteiger partial charge < -0.3 is 10.2 Å². The van der Waals surface area contributed by atoms with Crippen LogP contribution in [0.2, 0.25) is 0 Å². The molecule has 22 heavy (non-hydrogen) atoms. The van der Waals surface area contributed by atoms with Gasteiger partial charge in [-0.15, -0.1) is 0 Å². The number of nitrogens with zero attached hydrogens (tertiary/aromatic N) is 4. The Morgan fingerprint density at radius 3 is 2.86 bits per heavy atom. The van der Waals surface area contributed by atoms with Gasteiger partial charge in [-0.05, 0) is 39.9 Å². The Kier molecular flexibility index (Phi) is 4.11. The van der Waals surface area contributed by atoms with Crippen molar-refractivity contribution in [2.75, 3.05) is 27.2 Å². The van der Waals surface area contributed by atoms with Gasteiger partial charge in [0.05, 0.1) is 17.1 Å². The summed E-state index contributed by atoms with van der Waals surface area (Å²) in [6.45, 7) is 4.25. The monoisotopic (exact) mass is 301 g/mol. The summed E-state index contributed by atoms with van der Waals surface area (Å²) in [5.41, 5.74) is 2.55. The lowest BCUT2D eigenvalue weighted by atomic mass is 10.1. The van der Waals surface area contributed by atoms with Crippen molar-refractivity contribution in [2.24, 2.45) is 0 Å². The summed E-state index contributed by atoms with van der Waals surface area (Å²) < 4.78 is 1.86. The smallest absolute Gasteiger partial charge is 0.252 e. The second-order valence-electron chi connectivity index (χ2n) is 6.13. The quantitative estimate of drug-likeness (QED) is 0.880. The fourth-order valence-corrected chi connectivity index (χ4v) is 2.56. The van der Waals surface area contributed by atoms with Gasteiger partial charge in [0.1, 0.15) is 0 Å². The molecule has 1 fully saturated rings. The minimum absolute atomic E-state index is 0.0354. The van der Waals surface area contributed by atoms with E-state index in [0.717, 1.165) is 29.8 Å². The predicted molar refractivity (Wildman–Crippen MR) is 86.1 cm³/mol. The Labute approximate surface area is 130 Å². The van der Waals surface area contributed by atoms with Gasteiger partial charge in [-0.2, -0.15) is 5.10 Å². The number of carbonyl (C=O) groups is 1. The first kappa shape index (κ1) is 15.0. The number of pyridine rings is 1. The fraction of sp³-hybridized carbons (Fsp3) is 0.562. The fourth-order valence-electron chi connectivity index (χ4n) is 2.56. The molecule has 2 aromatic rings. The number of hydrogen-bond acceptors (Lipinski definition) is 4. The van der Waals surface area contributed by atoms with Gasteiger partial charge in [-0.25, -0.2) is 9.67 Å². The maximum Gasteiger partial charge on any atom is 0.252 e. The second kappa shape index (κ2) is 6.04. The number of rotatable bonds is 6. The third-order valence-electron chi connectivity index (χ3n) is 4.01. The Hall–Kier alpha value is -1.95. The normalized spacial score (nSPS) is 14.7. The third kappa shape index (κ3) is 2.97. The molecule has 0 aliphatic heterocycles. The van der Waals surface area contributed by atoms with E-state index in [1.165, 1.54) is 12.8 Å². The molecule has 6 heteroatoms. The average molecular weight is 301 g/mol. The van der Waals surface area contributed by atoms with E-state index in [9.17, 15) is 4.79 Å². The zero-order valence-corrected chi connectivity index (χ0v) is 13.5. The van der Waals surface area contributed by atoms with Gasteiger partial charge in [-0.3, -0.25) is 4.79 Å². The molecule has 0 radical (unpaired) electrons. The van der Waals surface area contributed by atoms with Crippen LogP contribution >= 0.6 is 0 Å². The van der Waals surface area contributed by atoms with Crippen LogP contribution in [0.25, 0.3) is 11.0 Å². The molecular weight excluding hydrogens is 278 g/mol. The van der Waals surface area contributed by atoms with Crippen LogP contribution in [0.15, 0.2) is 12.3 Å². The number of likely N-dealkylation sites (N-methyl/N-ethyl adjacent to an activating group) is 1. The topological polar surface area (TPSA) is 63.1 Å². The van der Waals surface area contributed by atoms with Crippen molar-refractivity contribution < 1.29 is 4.79 Å². The molecule has 2 aromatic heterocycles. The van der Waals surface area contributed by atoms with Crippen molar-refractivity contribution in [3.8, 4) is 0 Å². The second-order valence-corrected chi connectivity index (χ2v) is 6.13. The summed E-state index contributed by atoms with van der Waals surface area (Å²) in [7, 11) is 3.99. The summed E-state index contributed by atoms with van der Waals surface area (Å²) in [6, 6.07) is 1.95. The minimum Gasteiger partial charge on any atom is -0.351 e. The van der Waals surface area contributed by atoms with Crippen LogP contribution in [0.3, 0.4) is 0 Å². The molecular formula is C16H23N5O. The molecule has 0 unspecified atom stereocenters. The summed E-state index contributed by atoms with van der Waals surface area (Å²) in [5, 5.41) is 8.18. The van der Waals surface area contributed by atoms with Crippen LogP contribution in [0.5, 0.6) is 0 Å². The van der Waals surface area contributed by atoms with E-state index in [1.54, 1.807) is 6.20 Å². The van der Waals surface area contributed by atoms with E-state index >= 15 is 0 Å². The van der Waals surface area contributed by atoms with Crippen molar-refractivity contribution in [3.63, 3.8) is 0 Å². The standard InChI is InChI=1S/C16H23N5O/c1-4-21-15-13(10-18-21)12(9-14(19-15)11-5-6-11)16(22)17-7-8-20(2)3/h9-11H,4-8H2,1-3H3,(H,17,22). The van der Waals surface area contributed by atoms with Crippen molar-refractivity contribution >= 4 is 16.9 Å². The molecule has 0 aromatic carbocycles. The van der Waals surface area contributed by atoms with Crippen molar-refractivity contribution in [1.82, 2.24) is 25.0 Å². The molecule has 1 aliphatic carbocycles. The Balaban J connectivity index is 1.92. The van der Waals surface area contributed by atoms with E-state index in [1.807, 2.05) is 36.7 Å². The third-order valence-corrected chi connectivity index (χ3v) is 4.01. The molecule has 118 valence electrons. The maximum atomic E-state index is 12.5. The van der Waals surface area contributed by atoms with Crippen molar-refractivity contribution in [3.05, 3.63) is 23.5 Å². The van der Waals surface area contributed by atoms with E-state index < -0.39 is 0 Å². The minimum atomic E-state index is -0.0354. The van der Waals surface area contributed by atoms with E-state index in [-0.39, 0.29) is 5.91 Å². The largest absolute Gasteiger partial charge is 0.351 e. The number of aromatic nitrogens is 3. The molecule has 0 atom stereocenters. The Morgan fingerprint density at radius 1 is 1.45 bits per heavy atom. The number of hydrogen-bond donors (Lipinski definition) is 1. The van der Waals surface area contributed by atoms with Gasteiger partial charge in [0, 0.05) is 31.2 Å². The van der Waals surface area contributed by atoms with E-state index in [0.29, 0.717) is 18.0 Å². The first-order valence-corrected chi connectivity index (χ1v) is 7.89. The van der Waals surface area contributed by atoms with Crippen LogP contribution in [0, 0.1) is 0 Å². The number of aryl methyl sites for hydroxylation is 1. The molecule has 1 amide bonds. The van der Waals surface area contributed by atoms with E-state index in [4.69, 9.17) is 4.98 Å². The van der Waals surface area contributed by atoms with Crippen LogP contribution < -0.4 is 5.32 Å².